The molecule has 1 fully saturated rings. The van der Waals surface area contributed by atoms with E-state index in [1.165, 1.54) is 0 Å². The lowest BCUT2D eigenvalue weighted by Crippen LogP contribution is -2.54. The molecule has 1 N–H and O–H groups in total. The van der Waals surface area contributed by atoms with Crippen LogP contribution in [0.4, 0.5) is 5.69 Å². The number of ether oxygens (including phenoxy) is 1. The lowest BCUT2D eigenvalue weighted by molar-refractivity contribution is -0.154. The van der Waals surface area contributed by atoms with Gasteiger partial charge in [0.25, 0.3) is 0 Å². The van der Waals surface area contributed by atoms with Crippen molar-refractivity contribution in [3.05, 3.63) is 60.2 Å². The number of nitrogens with one attached hydrogen (secondary N) is 1. The molecule has 2 aromatic carbocycles. The van der Waals surface area contributed by atoms with Gasteiger partial charge in [0.1, 0.15) is 12.6 Å². The predicted octanol–water partition coefficient (Wildman–Crippen LogP) is 2.77. The van der Waals surface area contributed by atoms with Gasteiger partial charge in [0.05, 0.1) is 12.3 Å². The van der Waals surface area contributed by atoms with Gasteiger partial charge in [-0.05, 0) is 24.0 Å². The number of hydrogen-bond donors (Lipinski definition) is 1. The number of amides is 2. The maximum atomic E-state index is 12.8. The summed E-state index contributed by atoms with van der Waals surface area (Å²) in [4.78, 5) is 27.7. The summed E-state index contributed by atoms with van der Waals surface area (Å²) in [5, 5.41) is 2.93. The highest BCUT2D eigenvalue weighted by Crippen LogP contribution is 2.25. The fourth-order valence-electron chi connectivity index (χ4n) is 2.76. The zero-order chi connectivity index (χ0) is 17.6. The number of morpholine rings is 1. The fourth-order valence-corrected chi connectivity index (χ4v) is 3.32. The van der Waals surface area contributed by atoms with Gasteiger partial charge in [0.15, 0.2) is 0 Å². The molecule has 0 aliphatic carbocycles. The van der Waals surface area contributed by atoms with Gasteiger partial charge in [-0.3, -0.25) is 9.59 Å². The monoisotopic (exact) mass is 356 g/mol. The summed E-state index contributed by atoms with van der Waals surface area (Å²) in [6.45, 7) is 0.606. The Kier molecular flexibility index (Phi) is 5.73. The van der Waals surface area contributed by atoms with Gasteiger partial charge in [-0.15, -0.1) is 11.8 Å². The molecule has 1 atom stereocenters. The summed E-state index contributed by atoms with van der Waals surface area (Å²) < 4.78 is 5.32. The van der Waals surface area contributed by atoms with Gasteiger partial charge >= 0.3 is 0 Å². The van der Waals surface area contributed by atoms with Crippen LogP contribution in [0.25, 0.3) is 0 Å². The van der Waals surface area contributed by atoms with Crippen LogP contribution in [0.15, 0.2) is 59.5 Å². The van der Waals surface area contributed by atoms with Crippen molar-refractivity contribution in [1.82, 2.24) is 4.90 Å². The third kappa shape index (κ3) is 4.21. The van der Waals surface area contributed by atoms with E-state index in [0.29, 0.717) is 6.54 Å². The molecule has 0 radical (unpaired) electrons. The van der Waals surface area contributed by atoms with Crippen molar-refractivity contribution in [2.24, 2.45) is 0 Å². The maximum Gasteiger partial charge on any atom is 0.249 e. The SMILES string of the molecule is CSc1ccccc1NC(=O)[C@@H]1COCC(=O)N1Cc1ccccc1. The van der Waals surface area contributed by atoms with E-state index in [2.05, 4.69) is 5.32 Å². The number of thioether (sulfide) groups is 1. The smallest absolute Gasteiger partial charge is 0.249 e. The minimum atomic E-state index is -0.642. The Morgan fingerprint density at radius 1 is 1.20 bits per heavy atom. The molecule has 130 valence electrons. The second-order valence-electron chi connectivity index (χ2n) is 5.73. The molecule has 1 saturated heterocycles. The number of rotatable bonds is 5. The van der Waals surface area contributed by atoms with Crippen LogP contribution in [0.5, 0.6) is 0 Å². The van der Waals surface area contributed by atoms with E-state index >= 15 is 0 Å². The number of para-hydroxylation sites is 1. The minimum Gasteiger partial charge on any atom is -0.369 e. The molecule has 3 rings (SSSR count). The number of anilines is 1. The predicted molar refractivity (Wildman–Crippen MR) is 98.5 cm³/mol. The molecule has 0 unspecified atom stereocenters. The third-order valence-electron chi connectivity index (χ3n) is 4.06. The molecule has 5 nitrogen and oxygen atoms in total. The Balaban J connectivity index is 1.77. The Hall–Kier alpha value is -2.31. The second-order valence-corrected chi connectivity index (χ2v) is 6.58. The molecule has 0 saturated carbocycles. The number of benzene rings is 2. The van der Waals surface area contributed by atoms with Gasteiger partial charge in [-0.1, -0.05) is 42.5 Å². The van der Waals surface area contributed by atoms with Crippen molar-refractivity contribution in [2.75, 3.05) is 24.8 Å². The zero-order valence-electron chi connectivity index (χ0n) is 14.0. The normalized spacial score (nSPS) is 17.4. The summed E-state index contributed by atoms with van der Waals surface area (Å²) in [5.41, 5.74) is 1.73. The van der Waals surface area contributed by atoms with E-state index in [0.717, 1.165) is 16.1 Å². The van der Waals surface area contributed by atoms with Gasteiger partial charge in [0.2, 0.25) is 11.8 Å². The van der Waals surface area contributed by atoms with E-state index in [4.69, 9.17) is 4.74 Å². The van der Waals surface area contributed by atoms with Crippen molar-refractivity contribution in [2.45, 2.75) is 17.5 Å². The molecule has 6 heteroatoms. The number of nitrogens with zero attached hydrogens (tertiary/aromatic N) is 1. The van der Waals surface area contributed by atoms with Crippen molar-refractivity contribution in [3.8, 4) is 0 Å². The van der Waals surface area contributed by atoms with Crippen LogP contribution in [0, 0.1) is 0 Å². The highest BCUT2D eigenvalue weighted by atomic mass is 32.2. The van der Waals surface area contributed by atoms with E-state index in [1.54, 1.807) is 16.7 Å². The summed E-state index contributed by atoms with van der Waals surface area (Å²) in [7, 11) is 0. The van der Waals surface area contributed by atoms with Crippen molar-refractivity contribution < 1.29 is 14.3 Å². The van der Waals surface area contributed by atoms with E-state index < -0.39 is 6.04 Å². The van der Waals surface area contributed by atoms with Crippen molar-refractivity contribution in [3.63, 3.8) is 0 Å². The summed E-state index contributed by atoms with van der Waals surface area (Å²) in [6, 6.07) is 16.6. The Bertz CT molecular complexity index is 751. The summed E-state index contributed by atoms with van der Waals surface area (Å²) >= 11 is 1.56. The molecular weight excluding hydrogens is 336 g/mol. The van der Waals surface area contributed by atoms with Gasteiger partial charge < -0.3 is 15.0 Å². The standard InChI is InChI=1S/C19H20N2O3S/c1-25-17-10-6-5-9-15(17)20-19(23)16-12-24-13-18(22)21(16)11-14-7-3-2-4-8-14/h2-10,16H,11-13H2,1H3,(H,20,23)/t16-/m0/s1. The average Bonchev–Trinajstić information content (AvgIpc) is 2.64. The quantitative estimate of drug-likeness (QED) is 0.837. The van der Waals surface area contributed by atoms with E-state index in [9.17, 15) is 9.59 Å². The minimum absolute atomic E-state index is 0.0119. The molecule has 25 heavy (non-hydrogen) atoms. The first kappa shape index (κ1) is 17.5. The van der Waals surface area contributed by atoms with Gasteiger partial charge in [-0.2, -0.15) is 0 Å². The second kappa shape index (κ2) is 8.18. The Labute approximate surface area is 151 Å². The van der Waals surface area contributed by atoms with Crippen LogP contribution in [-0.2, 0) is 20.9 Å². The zero-order valence-corrected chi connectivity index (χ0v) is 14.8. The lowest BCUT2D eigenvalue weighted by atomic mass is 10.1. The average molecular weight is 356 g/mol. The third-order valence-corrected chi connectivity index (χ3v) is 4.86. The van der Waals surface area contributed by atoms with Crippen LogP contribution in [0.2, 0.25) is 0 Å². The number of carbonyl (C=O) groups excluding carboxylic acids is 2. The topological polar surface area (TPSA) is 58.6 Å². The van der Waals surface area contributed by atoms with Crippen molar-refractivity contribution in [1.29, 1.82) is 0 Å². The molecule has 2 amide bonds. The number of hydrogen-bond acceptors (Lipinski definition) is 4. The molecule has 1 heterocycles. The first-order valence-electron chi connectivity index (χ1n) is 8.04. The molecule has 0 bridgehead atoms. The fraction of sp³-hybridized carbons (Fsp3) is 0.263. The first-order valence-corrected chi connectivity index (χ1v) is 9.26. The largest absolute Gasteiger partial charge is 0.369 e. The molecular formula is C19H20N2O3S. The summed E-state index contributed by atoms with van der Waals surface area (Å²) in [5.74, 6) is -0.404. The van der Waals surface area contributed by atoms with Crippen LogP contribution in [0.3, 0.4) is 0 Å². The Morgan fingerprint density at radius 2 is 1.92 bits per heavy atom. The molecule has 1 aliphatic heterocycles. The first-order chi connectivity index (χ1) is 12.2. The Morgan fingerprint density at radius 3 is 2.68 bits per heavy atom. The number of carbonyl (C=O) groups is 2. The van der Waals surface area contributed by atoms with Gasteiger partial charge in [0, 0.05) is 11.4 Å². The van der Waals surface area contributed by atoms with Crippen LogP contribution in [-0.4, -0.2) is 42.2 Å². The van der Waals surface area contributed by atoms with Crippen LogP contribution < -0.4 is 5.32 Å². The molecule has 0 aromatic heterocycles. The van der Waals surface area contributed by atoms with E-state index in [1.807, 2.05) is 60.9 Å². The van der Waals surface area contributed by atoms with Crippen LogP contribution in [0.1, 0.15) is 5.56 Å². The highest BCUT2D eigenvalue weighted by Gasteiger charge is 2.34. The molecule has 1 aliphatic rings. The summed E-state index contributed by atoms with van der Waals surface area (Å²) in [6.07, 6.45) is 1.96. The highest BCUT2D eigenvalue weighted by molar-refractivity contribution is 7.98. The molecule has 2 aromatic rings. The molecule has 0 spiro atoms. The maximum absolute atomic E-state index is 12.8. The van der Waals surface area contributed by atoms with E-state index in [-0.39, 0.29) is 25.0 Å². The van der Waals surface area contributed by atoms with Crippen LogP contribution >= 0.6 is 11.8 Å². The van der Waals surface area contributed by atoms with Crippen molar-refractivity contribution >= 4 is 29.3 Å². The van der Waals surface area contributed by atoms with Gasteiger partial charge in [-0.25, -0.2) is 0 Å². The lowest BCUT2D eigenvalue weighted by Gasteiger charge is -2.34.